The van der Waals surface area contributed by atoms with E-state index in [4.69, 9.17) is 0 Å². The van der Waals surface area contributed by atoms with Crippen molar-refractivity contribution >= 4 is 5.82 Å². The van der Waals surface area contributed by atoms with E-state index in [1.807, 2.05) is 6.92 Å². The monoisotopic (exact) mass is 267 g/mol. The van der Waals surface area contributed by atoms with Crippen LogP contribution in [-0.2, 0) is 6.42 Å². The Morgan fingerprint density at radius 3 is 2.90 bits per heavy atom. The molecule has 2 aromatic rings. The van der Waals surface area contributed by atoms with Gasteiger partial charge in [0.1, 0.15) is 5.82 Å². The van der Waals surface area contributed by atoms with Gasteiger partial charge >= 0.3 is 0 Å². The maximum Gasteiger partial charge on any atom is 0.148 e. The van der Waals surface area contributed by atoms with Crippen LogP contribution in [0.5, 0.6) is 0 Å². The lowest BCUT2D eigenvalue weighted by atomic mass is 9.83. The molecule has 0 aliphatic heterocycles. The van der Waals surface area contributed by atoms with Crippen molar-refractivity contribution in [1.29, 1.82) is 0 Å². The molecule has 1 heterocycles. The molecule has 1 aliphatic rings. The van der Waals surface area contributed by atoms with Crippen LogP contribution in [-0.4, -0.2) is 16.7 Å². The molecular weight excluding hydrogens is 246 g/mol. The third kappa shape index (κ3) is 2.67. The summed E-state index contributed by atoms with van der Waals surface area (Å²) in [5.41, 5.74) is 5.20. The fraction of sp³-hybridized carbons (Fsp3) is 0.412. The van der Waals surface area contributed by atoms with Crippen LogP contribution in [0.3, 0.4) is 0 Å². The Hall–Kier alpha value is -1.90. The van der Waals surface area contributed by atoms with Crippen molar-refractivity contribution in [3.63, 3.8) is 0 Å². The Kier molecular flexibility index (Phi) is 3.68. The quantitative estimate of drug-likeness (QED) is 0.923. The molecule has 1 aromatic carbocycles. The molecule has 1 N–H and O–H groups in total. The molecule has 1 aliphatic carbocycles. The molecule has 3 nitrogen and oxygen atoms in total. The molecule has 0 fully saturated rings. The van der Waals surface area contributed by atoms with Gasteiger partial charge in [-0.1, -0.05) is 24.3 Å². The summed E-state index contributed by atoms with van der Waals surface area (Å²) >= 11 is 0. The van der Waals surface area contributed by atoms with Gasteiger partial charge in [0.25, 0.3) is 0 Å². The van der Waals surface area contributed by atoms with Gasteiger partial charge in [-0.15, -0.1) is 5.10 Å². The predicted molar refractivity (Wildman–Crippen MR) is 82.1 cm³/mol. The molecule has 0 bridgehead atoms. The first-order chi connectivity index (χ1) is 9.74. The standard InChI is InChI=1S/C17H21N3/c1-12-10-17(20-19-13(12)2)18-11-15-8-5-7-14-6-3-4-9-16(14)15/h3-4,6,9-10,15H,5,7-8,11H2,1-2H3,(H,18,20). The number of fused-ring (bicyclic) bond motifs is 1. The lowest BCUT2D eigenvalue weighted by Crippen LogP contribution is -2.18. The lowest BCUT2D eigenvalue weighted by Gasteiger charge is -2.25. The number of rotatable bonds is 3. The summed E-state index contributed by atoms with van der Waals surface area (Å²) in [5, 5.41) is 11.8. The lowest BCUT2D eigenvalue weighted by molar-refractivity contribution is 0.571. The van der Waals surface area contributed by atoms with E-state index in [1.165, 1.54) is 36.0 Å². The number of anilines is 1. The Labute approximate surface area is 120 Å². The van der Waals surface area contributed by atoms with E-state index in [-0.39, 0.29) is 0 Å². The summed E-state index contributed by atoms with van der Waals surface area (Å²) in [4.78, 5) is 0. The van der Waals surface area contributed by atoms with Crippen LogP contribution in [0.4, 0.5) is 5.82 Å². The molecule has 20 heavy (non-hydrogen) atoms. The first kappa shape index (κ1) is 13.1. The number of nitrogens with zero attached hydrogens (tertiary/aromatic N) is 2. The fourth-order valence-corrected chi connectivity index (χ4v) is 2.93. The number of aromatic nitrogens is 2. The van der Waals surface area contributed by atoms with E-state index in [0.717, 1.165) is 18.1 Å². The number of hydrogen-bond donors (Lipinski definition) is 1. The van der Waals surface area contributed by atoms with Crippen LogP contribution in [0.15, 0.2) is 30.3 Å². The van der Waals surface area contributed by atoms with Crippen LogP contribution in [0.2, 0.25) is 0 Å². The molecular formula is C17H21N3. The van der Waals surface area contributed by atoms with Gasteiger partial charge in [-0.2, -0.15) is 5.10 Å². The summed E-state index contributed by atoms with van der Waals surface area (Å²) in [6, 6.07) is 10.9. The van der Waals surface area contributed by atoms with E-state index < -0.39 is 0 Å². The third-order valence-corrected chi connectivity index (χ3v) is 4.25. The Balaban J connectivity index is 1.71. The summed E-state index contributed by atoms with van der Waals surface area (Å²) in [6.07, 6.45) is 3.75. The van der Waals surface area contributed by atoms with Crippen molar-refractivity contribution in [3.8, 4) is 0 Å². The minimum absolute atomic E-state index is 0.586. The molecule has 0 saturated heterocycles. The zero-order valence-electron chi connectivity index (χ0n) is 12.2. The molecule has 3 rings (SSSR count). The van der Waals surface area contributed by atoms with Crippen LogP contribution in [0.25, 0.3) is 0 Å². The number of hydrogen-bond acceptors (Lipinski definition) is 3. The Morgan fingerprint density at radius 2 is 2.05 bits per heavy atom. The molecule has 1 unspecified atom stereocenters. The normalized spacial score (nSPS) is 17.6. The number of aryl methyl sites for hydroxylation is 3. The second-order valence-electron chi connectivity index (χ2n) is 5.67. The van der Waals surface area contributed by atoms with Gasteiger partial charge in [-0.3, -0.25) is 0 Å². The molecule has 0 amide bonds. The first-order valence-electron chi connectivity index (χ1n) is 7.36. The van der Waals surface area contributed by atoms with E-state index in [0.29, 0.717) is 5.92 Å². The minimum Gasteiger partial charge on any atom is -0.368 e. The van der Waals surface area contributed by atoms with Crippen molar-refractivity contribution in [3.05, 3.63) is 52.7 Å². The van der Waals surface area contributed by atoms with Crippen molar-refractivity contribution in [2.45, 2.75) is 39.0 Å². The number of benzene rings is 1. The average Bonchev–Trinajstić information content (AvgIpc) is 2.48. The summed E-state index contributed by atoms with van der Waals surface area (Å²) in [5.74, 6) is 1.47. The van der Waals surface area contributed by atoms with Crippen LogP contribution in [0.1, 0.15) is 41.1 Å². The minimum atomic E-state index is 0.586. The van der Waals surface area contributed by atoms with Gasteiger partial charge in [0, 0.05) is 12.5 Å². The van der Waals surface area contributed by atoms with E-state index >= 15 is 0 Å². The maximum atomic E-state index is 4.22. The molecule has 1 aromatic heterocycles. The second kappa shape index (κ2) is 5.61. The number of nitrogens with one attached hydrogen (secondary N) is 1. The Morgan fingerprint density at radius 1 is 1.20 bits per heavy atom. The SMILES string of the molecule is Cc1cc(NCC2CCCc3ccccc32)nnc1C. The van der Waals surface area contributed by atoms with Gasteiger partial charge in [0.15, 0.2) is 0 Å². The highest BCUT2D eigenvalue weighted by molar-refractivity contribution is 5.39. The summed E-state index contributed by atoms with van der Waals surface area (Å²) < 4.78 is 0. The molecule has 104 valence electrons. The second-order valence-corrected chi connectivity index (χ2v) is 5.67. The molecule has 0 radical (unpaired) electrons. The zero-order valence-corrected chi connectivity index (χ0v) is 12.2. The smallest absolute Gasteiger partial charge is 0.148 e. The van der Waals surface area contributed by atoms with Crippen molar-refractivity contribution < 1.29 is 0 Å². The molecule has 0 saturated carbocycles. The topological polar surface area (TPSA) is 37.8 Å². The average molecular weight is 267 g/mol. The van der Waals surface area contributed by atoms with Crippen LogP contribution >= 0.6 is 0 Å². The molecule has 0 spiro atoms. The first-order valence-corrected chi connectivity index (χ1v) is 7.36. The molecule has 1 atom stereocenters. The van der Waals surface area contributed by atoms with E-state index in [9.17, 15) is 0 Å². The van der Waals surface area contributed by atoms with Crippen molar-refractivity contribution in [2.24, 2.45) is 0 Å². The van der Waals surface area contributed by atoms with Crippen molar-refractivity contribution in [1.82, 2.24) is 10.2 Å². The summed E-state index contributed by atoms with van der Waals surface area (Å²) in [6.45, 7) is 5.00. The maximum absolute atomic E-state index is 4.22. The summed E-state index contributed by atoms with van der Waals surface area (Å²) in [7, 11) is 0. The van der Waals surface area contributed by atoms with E-state index in [1.54, 1.807) is 0 Å². The van der Waals surface area contributed by atoms with Gasteiger partial charge < -0.3 is 5.32 Å². The van der Waals surface area contributed by atoms with Crippen LogP contribution < -0.4 is 5.32 Å². The predicted octanol–water partition coefficient (Wildman–Crippen LogP) is 3.63. The highest BCUT2D eigenvalue weighted by atomic mass is 15.2. The third-order valence-electron chi connectivity index (χ3n) is 4.25. The van der Waals surface area contributed by atoms with Crippen LogP contribution in [0, 0.1) is 13.8 Å². The zero-order chi connectivity index (χ0) is 13.9. The largest absolute Gasteiger partial charge is 0.368 e. The fourth-order valence-electron chi connectivity index (χ4n) is 2.93. The van der Waals surface area contributed by atoms with Gasteiger partial charge in [0.2, 0.25) is 0 Å². The highest BCUT2D eigenvalue weighted by Gasteiger charge is 2.19. The highest BCUT2D eigenvalue weighted by Crippen LogP contribution is 2.31. The Bertz CT molecular complexity index is 607. The van der Waals surface area contributed by atoms with Crippen molar-refractivity contribution in [2.75, 3.05) is 11.9 Å². The molecule has 3 heteroatoms. The van der Waals surface area contributed by atoms with E-state index in [2.05, 4.69) is 52.8 Å². The van der Waals surface area contributed by atoms with Gasteiger partial charge in [0.05, 0.1) is 5.69 Å². The van der Waals surface area contributed by atoms with Gasteiger partial charge in [-0.05, 0) is 55.9 Å². The van der Waals surface area contributed by atoms with Gasteiger partial charge in [-0.25, -0.2) is 0 Å².